The first kappa shape index (κ1) is 21.7. The van der Waals surface area contributed by atoms with Crippen LogP contribution in [0.25, 0.3) is 17.0 Å². The fourth-order valence-electron chi connectivity index (χ4n) is 4.16. The third kappa shape index (κ3) is 4.54. The number of hydrogen-bond donors (Lipinski definition) is 1. The zero-order chi connectivity index (χ0) is 22.5. The van der Waals surface area contributed by atoms with Crippen LogP contribution in [-0.2, 0) is 11.3 Å². The van der Waals surface area contributed by atoms with Crippen LogP contribution >= 0.6 is 0 Å². The number of carbonyl (C=O) groups is 2. The first-order chi connectivity index (χ1) is 15.6. The number of carbonyl (C=O) groups excluding carboxylic acids is 2. The Morgan fingerprint density at radius 2 is 1.75 bits per heavy atom. The summed E-state index contributed by atoms with van der Waals surface area (Å²) in [4.78, 5) is 28.2. The van der Waals surface area contributed by atoms with Crippen molar-refractivity contribution in [3.63, 3.8) is 0 Å². The largest absolute Gasteiger partial charge is 0.497 e. The number of piperidine rings is 1. The number of benzene rings is 2. The maximum atomic E-state index is 13.4. The van der Waals surface area contributed by atoms with E-state index < -0.39 is 0 Å². The molecule has 2 amide bonds. The van der Waals surface area contributed by atoms with E-state index in [9.17, 15) is 9.59 Å². The van der Waals surface area contributed by atoms with E-state index in [1.165, 1.54) is 0 Å². The molecule has 1 aliphatic rings. The van der Waals surface area contributed by atoms with E-state index in [1.807, 2.05) is 35.4 Å². The second kappa shape index (κ2) is 9.73. The molecule has 2 aromatic carbocycles. The van der Waals surface area contributed by atoms with Crippen LogP contribution in [0, 0.1) is 0 Å². The first-order valence-corrected chi connectivity index (χ1v) is 11.1. The Morgan fingerprint density at radius 1 is 1.03 bits per heavy atom. The molecule has 166 valence electrons. The van der Waals surface area contributed by atoms with Crippen molar-refractivity contribution >= 4 is 28.8 Å². The van der Waals surface area contributed by atoms with E-state index in [0.29, 0.717) is 30.1 Å². The minimum Gasteiger partial charge on any atom is -0.497 e. The monoisotopic (exact) mass is 431 g/mol. The molecule has 0 atom stereocenters. The molecule has 1 saturated heterocycles. The predicted molar refractivity (Wildman–Crippen MR) is 126 cm³/mol. The van der Waals surface area contributed by atoms with Crippen molar-refractivity contribution in [1.29, 1.82) is 0 Å². The van der Waals surface area contributed by atoms with E-state index >= 15 is 0 Å². The van der Waals surface area contributed by atoms with E-state index in [-0.39, 0.29) is 11.8 Å². The summed E-state index contributed by atoms with van der Waals surface area (Å²) in [5, 5.41) is 3.94. The number of nitrogens with one attached hydrogen (secondary N) is 1. The molecule has 6 heteroatoms. The second-order valence-corrected chi connectivity index (χ2v) is 7.98. The summed E-state index contributed by atoms with van der Waals surface area (Å²) >= 11 is 0. The van der Waals surface area contributed by atoms with Crippen LogP contribution in [0.15, 0.2) is 60.4 Å². The number of ether oxygens (including phenoxy) is 1. The standard InChI is InChI=1S/C26H29N3O3/c1-3-28-18-20(22-9-5-6-10-24(22)28)17-23(26(31)29-15-7-4-8-16-29)27-25(30)19-11-13-21(32-2)14-12-19/h5-6,9-14,17-18H,3-4,7-8,15-16H2,1-2H3,(H,27,30)/b23-17-. The molecule has 32 heavy (non-hydrogen) atoms. The summed E-state index contributed by atoms with van der Waals surface area (Å²) in [5.74, 6) is 0.220. The molecule has 2 heterocycles. The number of nitrogens with zero attached hydrogens (tertiary/aromatic N) is 2. The Labute approximate surface area is 188 Å². The van der Waals surface area contributed by atoms with Gasteiger partial charge in [-0.05, 0) is 62.6 Å². The van der Waals surface area contributed by atoms with E-state index in [4.69, 9.17) is 4.74 Å². The summed E-state index contributed by atoms with van der Waals surface area (Å²) in [6, 6.07) is 15.0. The van der Waals surface area contributed by atoms with Crippen LogP contribution in [0.4, 0.5) is 0 Å². The van der Waals surface area contributed by atoms with Gasteiger partial charge in [0.15, 0.2) is 0 Å². The van der Waals surface area contributed by atoms with Gasteiger partial charge in [0.2, 0.25) is 0 Å². The lowest BCUT2D eigenvalue weighted by Crippen LogP contribution is -2.41. The van der Waals surface area contributed by atoms with Crippen molar-refractivity contribution < 1.29 is 14.3 Å². The van der Waals surface area contributed by atoms with Gasteiger partial charge in [0.1, 0.15) is 11.4 Å². The van der Waals surface area contributed by atoms with Crippen molar-refractivity contribution in [3.8, 4) is 5.75 Å². The molecule has 0 aliphatic carbocycles. The number of amides is 2. The van der Waals surface area contributed by atoms with Crippen LogP contribution in [-0.4, -0.2) is 41.5 Å². The molecule has 0 saturated carbocycles. The highest BCUT2D eigenvalue weighted by molar-refractivity contribution is 6.06. The maximum absolute atomic E-state index is 13.4. The Bertz CT molecular complexity index is 1140. The number of aromatic nitrogens is 1. The smallest absolute Gasteiger partial charge is 0.270 e. The topological polar surface area (TPSA) is 63.6 Å². The number of hydrogen-bond acceptors (Lipinski definition) is 3. The van der Waals surface area contributed by atoms with Crippen LogP contribution in [0.2, 0.25) is 0 Å². The Balaban J connectivity index is 1.70. The molecule has 1 aromatic heterocycles. The van der Waals surface area contributed by atoms with Crippen molar-refractivity contribution in [2.45, 2.75) is 32.7 Å². The highest BCUT2D eigenvalue weighted by atomic mass is 16.5. The molecule has 1 N–H and O–H groups in total. The first-order valence-electron chi connectivity index (χ1n) is 11.1. The van der Waals surface area contributed by atoms with Crippen LogP contribution in [0.1, 0.15) is 42.1 Å². The van der Waals surface area contributed by atoms with Gasteiger partial charge in [0, 0.05) is 47.9 Å². The molecule has 3 aromatic rings. The summed E-state index contributed by atoms with van der Waals surface area (Å²) in [7, 11) is 1.58. The summed E-state index contributed by atoms with van der Waals surface area (Å²) in [5.41, 5.74) is 2.79. The minimum absolute atomic E-state index is 0.139. The molecule has 4 rings (SSSR count). The average Bonchev–Trinajstić information content (AvgIpc) is 3.21. The minimum atomic E-state index is -0.316. The Kier molecular flexibility index (Phi) is 6.59. The molecule has 0 spiro atoms. The van der Waals surface area contributed by atoms with Gasteiger partial charge in [0.25, 0.3) is 11.8 Å². The fourth-order valence-corrected chi connectivity index (χ4v) is 4.16. The fraction of sp³-hybridized carbons (Fsp3) is 0.308. The lowest BCUT2D eigenvalue weighted by atomic mass is 10.1. The SMILES string of the molecule is CCn1cc(/C=C(\NC(=O)c2ccc(OC)cc2)C(=O)N2CCCCC2)c2ccccc21. The van der Waals surface area contributed by atoms with Gasteiger partial charge in [-0.25, -0.2) is 0 Å². The maximum Gasteiger partial charge on any atom is 0.270 e. The Morgan fingerprint density at radius 3 is 2.44 bits per heavy atom. The third-order valence-corrected chi connectivity index (χ3v) is 5.93. The predicted octanol–water partition coefficient (Wildman–Crippen LogP) is 4.45. The number of para-hydroxylation sites is 1. The molecule has 0 unspecified atom stereocenters. The van der Waals surface area contributed by atoms with Gasteiger partial charge in [-0.15, -0.1) is 0 Å². The summed E-state index contributed by atoms with van der Waals surface area (Å²) in [6.07, 6.45) is 6.95. The number of likely N-dealkylation sites (tertiary alicyclic amines) is 1. The number of aryl methyl sites for hydroxylation is 1. The normalized spacial score (nSPS) is 14.4. The lowest BCUT2D eigenvalue weighted by Gasteiger charge is -2.27. The molecule has 1 fully saturated rings. The summed E-state index contributed by atoms with van der Waals surface area (Å²) in [6.45, 7) is 4.34. The van der Waals surface area contributed by atoms with Gasteiger partial charge in [-0.2, -0.15) is 0 Å². The molecule has 1 aliphatic heterocycles. The molecule has 0 radical (unpaired) electrons. The average molecular weight is 432 g/mol. The quantitative estimate of drug-likeness (QED) is 0.587. The van der Waals surface area contributed by atoms with Crippen LogP contribution in [0.5, 0.6) is 5.75 Å². The third-order valence-electron chi connectivity index (χ3n) is 5.93. The molecule has 0 bridgehead atoms. The highest BCUT2D eigenvalue weighted by Crippen LogP contribution is 2.24. The number of fused-ring (bicyclic) bond motifs is 1. The van der Waals surface area contributed by atoms with Gasteiger partial charge in [0.05, 0.1) is 7.11 Å². The van der Waals surface area contributed by atoms with Crippen molar-refractivity contribution in [3.05, 3.63) is 71.6 Å². The number of methoxy groups -OCH3 is 1. The second-order valence-electron chi connectivity index (χ2n) is 7.98. The van der Waals surface area contributed by atoms with Gasteiger partial charge in [-0.1, -0.05) is 18.2 Å². The van der Waals surface area contributed by atoms with Crippen LogP contribution in [0.3, 0.4) is 0 Å². The lowest BCUT2D eigenvalue weighted by molar-refractivity contribution is -0.128. The Hall–Kier alpha value is -3.54. The van der Waals surface area contributed by atoms with Crippen molar-refractivity contribution in [2.24, 2.45) is 0 Å². The molecule has 6 nitrogen and oxygen atoms in total. The van der Waals surface area contributed by atoms with Crippen molar-refractivity contribution in [1.82, 2.24) is 14.8 Å². The van der Waals surface area contributed by atoms with E-state index in [1.54, 1.807) is 31.4 Å². The zero-order valence-electron chi connectivity index (χ0n) is 18.6. The van der Waals surface area contributed by atoms with Gasteiger partial charge >= 0.3 is 0 Å². The number of rotatable bonds is 6. The zero-order valence-corrected chi connectivity index (χ0v) is 18.6. The molecular weight excluding hydrogens is 402 g/mol. The van der Waals surface area contributed by atoms with E-state index in [2.05, 4.69) is 22.9 Å². The summed E-state index contributed by atoms with van der Waals surface area (Å²) < 4.78 is 7.32. The molecular formula is C26H29N3O3. The van der Waals surface area contributed by atoms with Crippen molar-refractivity contribution in [2.75, 3.05) is 20.2 Å². The van der Waals surface area contributed by atoms with Crippen LogP contribution < -0.4 is 10.1 Å². The highest BCUT2D eigenvalue weighted by Gasteiger charge is 2.23. The van der Waals surface area contributed by atoms with Gasteiger partial charge < -0.3 is 19.5 Å². The van der Waals surface area contributed by atoms with E-state index in [0.717, 1.165) is 42.3 Å². The van der Waals surface area contributed by atoms with Gasteiger partial charge in [-0.3, -0.25) is 9.59 Å².